The lowest BCUT2D eigenvalue weighted by molar-refractivity contribution is 0.182. The van der Waals surface area contributed by atoms with Crippen LogP contribution in [0.5, 0.6) is 0 Å². The van der Waals surface area contributed by atoms with E-state index in [0.29, 0.717) is 5.41 Å². The SMILES string of the molecule is CCC1(C2=CCCC=C2)CCC1. The van der Waals surface area contributed by atoms with Gasteiger partial charge in [0.25, 0.3) is 0 Å². The zero-order valence-electron chi connectivity index (χ0n) is 7.97. The van der Waals surface area contributed by atoms with Crippen molar-refractivity contribution in [1.29, 1.82) is 0 Å². The molecule has 0 radical (unpaired) electrons. The van der Waals surface area contributed by atoms with Crippen molar-refractivity contribution < 1.29 is 0 Å². The molecule has 2 rings (SSSR count). The van der Waals surface area contributed by atoms with E-state index in [1.54, 1.807) is 5.57 Å². The molecule has 0 amide bonds. The molecule has 0 bridgehead atoms. The molecular weight excluding hydrogens is 144 g/mol. The first kappa shape index (κ1) is 8.10. The van der Waals surface area contributed by atoms with Gasteiger partial charge >= 0.3 is 0 Å². The average Bonchev–Trinajstić information content (AvgIpc) is 2.05. The maximum atomic E-state index is 2.46. The summed E-state index contributed by atoms with van der Waals surface area (Å²) in [5.41, 5.74) is 2.25. The van der Waals surface area contributed by atoms with Crippen LogP contribution >= 0.6 is 0 Å². The second-order valence-electron chi connectivity index (χ2n) is 4.13. The largest absolute Gasteiger partial charge is 0.0839 e. The standard InChI is InChI=1S/C12H18/c1-2-12(9-6-10-12)11-7-4-3-5-8-11/h4,7-8H,2-3,5-6,9-10H2,1H3. The Morgan fingerprint density at radius 2 is 2.17 bits per heavy atom. The van der Waals surface area contributed by atoms with Crippen LogP contribution in [-0.2, 0) is 0 Å². The lowest BCUT2D eigenvalue weighted by Gasteiger charge is -2.43. The first-order valence-corrected chi connectivity index (χ1v) is 5.24. The van der Waals surface area contributed by atoms with Crippen LogP contribution in [0.1, 0.15) is 45.4 Å². The first-order chi connectivity index (χ1) is 5.87. The Morgan fingerprint density at radius 1 is 1.33 bits per heavy atom. The van der Waals surface area contributed by atoms with Crippen molar-refractivity contribution in [2.75, 3.05) is 0 Å². The van der Waals surface area contributed by atoms with Gasteiger partial charge in [0.05, 0.1) is 0 Å². The fourth-order valence-corrected chi connectivity index (χ4v) is 2.46. The molecule has 66 valence electrons. The fourth-order valence-electron chi connectivity index (χ4n) is 2.46. The predicted octanol–water partition coefficient (Wildman–Crippen LogP) is 3.84. The van der Waals surface area contributed by atoms with E-state index < -0.39 is 0 Å². The molecule has 2 aliphatic rings. The molecule has 0 saturated heterocycles. The Kier molecular flexibility index (Phi) is 2.08. The zero-order valence-corrected chi connectivity index (χ0v) is 7.97. The van der Waals surface area contributed by atoms with Crippen molar-refractivity contribution in [1.82, 2.24) is 0 Å². The minimum Gasteiger partial charge on any atom is -0.0839 e. The Bertz CT molecular complexity index is 211. The minimum atomic E-state index is 0.608. The molecule has 0 heteroatoms. The normalized spacial score (nSPS) is 26.2. The van der Waals surface area contributed by atoms with Gasteiger partial charge in [-0.3, -0.25) is 0 Å². The molecular formula is C12H18. The zero-order chi connectivity index (χ0) is 8.44. The van der Waals surface area contributed by atoms with E-state index in [1.807, 2.05) is 0 Å². The summed E-state index contributed by atoms with van der Waals surface area (Å²) in [6.07, 6.45) is 15.3. The van der Waals surface area contributed by atoms with Crippen LogP contribution in [0.15, 0.2) is 23.8 Å². The van der Waals surface area contributed by atoms with Crippen molar-refractivity contribution in [2.45, 2.75) is 45.4 Å². The van der Waals surface area contributed by atoms with Gasteiger partial charge < -0.3 is 0 Å². The fraction of sp³-hybridized carbons (Fsp3) is 0.667. The highest BCUT2D eigenvalue weighted by Crippen LogP contribution is 2.50. The van der Waals surface area contributed by atoms with Gasteiger partial charge in [-0.25, -0.2) is 0 Å². The monoisotopic (exact) mass is 162 g/mol. The van der Waals surface area contributed by atoms with Crippen molar-refractivity contribution in [2.24, 2.45) is 5.41 Å². The van der Waals surface area contributed by atoms with Crippen LogP contribution in [0.3, 0.4) is 0 Å². The highest BCUT2D eigenvalue weighted by molar-refractivity contribution is 5.31. The van der Waals surface area contributed by atoms with Gasteiger partial charge in [0, 0.05) is 0 Å². The number of hydrogen-bond acceptors (Lipinski definition) is 0. The van der Waals surface area contributed by atoms with Gasteiger partial charge in [-0.05, 0) is 43.1 Å². The van der Waals surface area contributed by atoms with Gasteiger partial charge in [-0.15, -0.1) is 0 Å². The highest BCUT2D eigenvalue weighted by atomic mass is 14.4. The molecule has 1 fully saturated rings. The summed E-state index contributed by atoms with van der Waals surface area (Å²) in [6.45, 7) is 2.34. The molecule has 0 spiro atoms. The maximum Gasteiger partial charge on any atom is -0.00528 e. The lowest BCUT2D eigenvalue weighted by Crippen LogP contribution is -2.30. The summed E-state index contributed by atoms with van der Waals surface area (Å²) >= 11 is 0. The van der Waals surface area contributed by atoms with Gasteiger partial charge in [0.2, 0.25) is 0 Å². The van der Waals surface area contributed by atoms with E-state index in [-0.39, 0.29) is 0 Å². The average molecular weight is 162 g/mol. The van der Waals surface area contributed by atoms with E-state index in [4.69, 9.17) is 0 Å². The van der Waals surface area contributed by atoms with Crippen LogP contribution < -0.4 is 0 Å². The Morgan fingerprint density at radius 3 is 2.58 bits per heavy atom. The number of rotatable bonds is 2. The van der Waals surface area contributed by atoms with Crippen molar-refractivity contribution in [3.63, 3.8) is 0 Å². The minimum absolute atomic E-state index is 0.608. The highest BCUT2D eigenvalue weighted by Gasteiger charge is 2.37. The number of allylic oxidation sites excluding steroid dienone is 4. The molecule has 0 aliphatic heterocycles. The van der Waals surface area contributed by atoms with Gasteiger partial charge in [0.1, 0.15) is 0 Å². The Labute approximate surface area is 75.4 Å². The van der Waals surface area contributed by atoms with E-state index in [0.717, 1.165) is 0 Å². The summed E-state index contributed by atoms with van der Waals surface area (Å²) in [4.78, 5) is 0. The third-order valence-electron chi connectivity index (χ3n) is 3.59. The summed E-state index contributed by atoms with van der Waals surface area (Å²) in [5.74, 6) is 0. The van der Waals surface area contributed by atoms with Crippen LogP contribution in [-0.4, -0.2) is 0 Å². The Hall–Kier alpha value is -0.520. The third-order valence-corrected chi connectivity index (χ3v) is 3.59. The van der Waals surface area contributed by atoms with E-state index >= 15 is 0 Å². The molecule has 0 aromatic carbocycles. The Balaban J connectivity index is 2.15. The van der Waals surface area contributed by atoms with Crippen LogP contribution in [0.4, 0.5) is 0 Å². The molecule has 1 saturated carbocycles. The molecule has 0 aromatic heterocycles. The van der Waals surface area contributed by atoms with Crippen LogP contribution in [0.25, 0.3) is 0 Å². The van der Waals surface area contributed by atoms with Crippen molar-refractivity contribution >= 4 is 0 Å². The van der Waals surface area contributed by atoms with Crippen molar-refractivity contribution in [3.8, 4) is 0 Å². The van der Waals surface area contributed by atoms with Crippen molar-refractivity contribution in [3.05, 3.63) is 23.8 Å². The van der Waals surface area contributed by atoms with Gasteiger partial charge in [-0.1, -0.05) is 31.6 Å². The van der Waals surface area contributed by atoms with Crippen LogP contribution in [0.2, 0.25) is 0 Å². The van der Waals surface area contributed by atoms with E-state index in [2.05, 4.69) is 25.2 Å². The quantitative estimate of drug-likeness (QED) is 0.578. The summed E-state index contributed by atoms with van der Waals surface area (Å²) in [7, 11) is 0. The lowest BCUT2D eigenvalue weighted by atomic mass is 9.62. The predicted molar refractivity (Wildman–Crippen MR) is 53.0 cm³/mol. The van der Waals surface area contributed by atoms with E-state index in [1.165, 1.54) is 38.5 Å². The van der Waals surface area contributed by atoms with Gasteiger partial charge in [0.15, 0.2) is 0 Å². The summed E-state index contributed by atoms with van der Waals surface area (Å²) in [6, 6.07) is 0. The molecule has 2 aliphatic carbocycles. The second-order valence-corrected chi connectivity index (χ2v) is 4.13. The molecule has 0 aromatic rings. The topological polar surface area (TPSA) is 0 Å². The molecule has 0 heterocycles. The van der Waals surface area contributed by atoms with E-state index in [9.17, 15) is 0 Å². The summed E-state index contributed by atoms with van der Waals surface area (Å²) < 4.78 is 0. The first-order valence-electron chi connectivity index (χ1n) is 5.24. The third kappa shape index (κ3) is 1.14. The second kappa shape index (κ2) is 3.08. The summed E-state index contributed by atoms with van der Waals surface area (Å²) in [5, 5.41) is 0. The molecule has 0 atom stereocenters. The molecule has 0 N–H and O–H groups in total. The number of hydrogen-bond donors (Lipinski definition) is 0. The van der Waals surface area contributed by atoms with Crippen LogP contribution in [0, 0.1) is 5.41 Å². The molecule has 12 heavy (non-hydrogen) atoms. The smallest absolute Gasteiger partial charge is 0.00528 e. The van der Waals surface area contributed by atoms with Gasteiger partial charge in [-0.2, -0.15) is 0 Å². The molecule has 0 nitrogen and oxygen atoms in total. The molecule has 0 unspecified atom stereocenters. The maximum absolute atomic E-state index is 2.46.